The number of aromatic nitrogens is 2. The average Bonchev–Trinajstić information content (AvgIpc) is 2.41. The molecule has 3 N–H and O–H groups in total. The molecule has 0 aliphatic rings. The van der Waals surface area contributed by atoms with Crippen molar-refractivity contribution in [2.45, 2.75) is 6.61 Å². The van der Waals surface area contributed by atoms with E-state index in [-0.39, 0.29) is 0 Å². The van der Waals surface area contributed by atoms with Gasteiger partial charge in [0.25, 0.3) is 0 Å². The molecule has 1 aromatic carbocycles. The monoisotopic (exact) mass is 372 g/mol. The van der Waals surface area contributed by atoms with Crippen LogP contribution in [0.1, 0.15) is 5.82 Å². The lowest BCUT2D eigenvalue weighted by molar-refractivity contribution is 0.177. The molecule has 0 aliphatic heterocycles. The Morgan fingerprint density at radius 2 is 2.00 bits per heavy atom. The van der Waals surface area contributed by atoms with E-state index in [0.29, 0.717) is 29.9 Å². The van der Waals surface area contributed by atoms with E-state index in [1.54, 1.807) is 13.2 Å². The van der Waals surface area contributed by atoms with Gasteiger partial charge in [0.1, 0.15) is 18.2 Å². The predicted molar refractivity (Wildman–Crippen MR) is 79.8 cm³/mol. The number of nitrogens with two attached hydrogens (primary N) is 1. The van der Waals surface area contributed by atoms with Crippen LogP contribution in [0.2, 0.25) is 0 Å². The number of hydrogen-bond acceptors (Lipinski definition) is 6. The fourth-order valence-electron chi connectivity index (χ4n) is 1.42. The highest BCUT2D eigenvalue weighted by Gasteiger charge is 2.06. The number of nitrogens with one attached hydrogen (secondary N) is 1. The van der Waals surface area contributed by atoms with E-state index >= 15 is 0 Å². The number of nitrogens with zero attached hydrogens (tertiary/aromatic N) is 2. The first-order valence-corrected chi connectivity index (χ1v) is 6.56. The Balaban J connectivity index is 2.23. The van der Waals surface area contributed by atoms with Gasteiger partial charge in [-0.05, 0) is 46.9 Å². The van der Waals surface area contributed by atoms with E-state index in [9.17, 15) is 0 Å². The van der Waals surface area contributed by atoms with Gasteiger partial charge in [-0.15, -0.1) is 0 Å². The summed E-state index contributed by atoms with van der Waals surface area (Å²) in [5.41, 5.74) is 2.47. The minimum Gasteiger partial charge on any atom is -0.439 e. The molecule has 2 rings (SSSR count). The topological polar surface area (TPSA) is 82.3 Å². The second kappa shape index (κ2) is 6.64. The van der Waals surface area contributed by atoms with E-state index in [1.807, 2.05) is 24.3 Å². The van der Waals surface area contributed by atoms with Gasteiger partial charge in [0, 0.05) is 16.7 Å². The maximum Gasteiger partial charge on any atom is 0.224 e. The lowest BCUT2D eigenvalue weighted by Gasteiger charge is -2.08. The van der Waals surface area contributed by atoms with E-state index in [4.69, 9.17) is 15.3 Å². The molecule has 0 radical (unpaired) electrons. The molecule has 0 saturated carbocycles. The first kappa shape index (κ1) is 14.0. The fraction of sp³-hybridized carbons (Fsp3) is 0.167. The zero-order valence-corrected chi connectivity index (χ0v) is 12.4. The Hall–Kier alpha value is -1.45. The minimum absolute atomic E-state index is 0.290. The van der Waals surface area contributed by atoms with Gasteiger partial charge >= 0.3 is 0 Å². The van der Waals surface area contributed by atoms with E-state index in [2.05, 4.69) is 38.0 Å². The van der Waals surface area contributed by atoms with Crippen LogP contribution in [0.3, 0.4) is 0 Å². The minimum atomic E-state index is 0.290. The Kier molecular flexibility index (Phi) is 4.88. The predicted octanol–water partition coefficient (Wildman–Crippen LogP) is 2.31. The molecule has 1 aromatic heterocycles. The third-order valence-electron chi connectivity index (χ3n) is 2.21. The zero-order chi connectivity index (χ0) is 13.7. The van der Waals surface area contributed by atoms with Crippen molar-refractivity contribution in [2.75, 3.05) is 12.5 Å². The smallest absolute Gasteiger partial charge is 0.224 e. The number of hydrazine groups is 1. The highest BCUT2D eigenvalue weighted by atomic mass is 127. The number of benzene rings is 1. The molecule has 1 heterocycles. The maximum absolute atomic E-state index is 5.66. The van der Waals surface area contributed by atoms with Crippen molar-refractivity contribution in [1.82, 2.24) is 9.97 Å². The largest absolute Gasteiger partial charge is 0.439 e. The summed E-state index contributed by atoms with van der Waals surface area (Å²) in [5.74, 6) is 7.45. The van der Waals surface area contributed by atoms with Crippen molar-refractivity contribution >= 4 is 28.4 Å². The van der Waals surface area contributed by atoms with Crippen LogP contribution in [-0.2, 0) is 11.3 Å². The molecule has 0 amide bonds. The zero-order valence-electron chi connectivity index (χ0n) is 10.3. The van der Waals surface area contributed by atoms with Gasteiger partial charge in [-0.25, -0.2) is 10.8 Å². The summed E-state index contributed by atoms with van der Waals surface area (Å²) in [6, 6.07) is 9.27. The average molecular weight is 372 g/mol. The molecule has 0 bridgehead atoms. The second-order valence-corrected chi connectivity index (χ2v) is 4.89. The van der Waals surface area contributed by atoms with Crippen LogP contribution >= 0.6 is 22.6 Å². The Labute approximate surface area is 124 Å². The summed E-state index contributed by atoms with van der Waals surface area (Å²) in [6.45, 7) is 0.290. The van der Waals surface area contributed by atoms with Crippen molar-refractivity contribution in [3.63, 3.8) is 0 Å². The summed E-state index contributed by atoms with van der Waals surface area (Å²) >= 11 is 2.23. The molecule has 0 spiro atoms. The van der Waals surface area contributed by atoms with Gasteiger partial charge in [-0.1, -0.05) is 0 Å². The van der Waals surface area contributed by atoms with Crippen LogP contribution in [0.25, 0.3) is 0 Å². The molecule has 100 valence electrons. The number of rotatable bonds is 5. The molecule has 2 aromatic rings. The molecule has 0 fully saturated rings. The van der Waals surface area contributed by atoms with Gasteiger partial charge < -0.3 is 14.9 Å². The van der Waals surface area contributed by atoms with Gasteiger partial charge in [0.15, 0.2) is 5.82 Å². The van der Waals surface area contributed by atoms with Crippen LogP contribution in [0.5, 0.6) is 11.6 Å². The summed E-state index contributed by atoms with van der Waals surface area (Å²) in [6.07, 6.45) is 0. The first-order chi connectivity index (χ1) is 9.21. The molecular weight excluding hydrogens is 359 g/mol. The molecule has 19 heavy (non-hydrogen) atoms. The Morgan fingerprint density at radius 3 is 2.63 bits per heavy atom. The van der Waals surface area contributed by atoms with Crippen LogP contribution in [-0.4, -0.2) is 17.1 Å². The van der Waals surface area contributed by atoms with Gasteiger partial charge in [-0.2, -0.15) is 4.98 Å². The van der Waals surface area contributed by atoms with Crippen molar-refractivity contribution in [2.24, 2.45) is 5.84 Å². The molecular formula is C12H13IN4O2. The van der Waals surface area contributed by atoms with Gasteiger partial charge in [0.2, 0.25) is 5.88 Å². The molecule has 6 nitrogen and oxygen atoms in total. The summed E-state index contributed by atoms with van der Waals surface area (Å²) in [7, 11) is 1.57. The first-order valence-electron chi connectivity index (χ1n) is 5.48. The highest BCUT2D eigenvalue weighted by molar-refractivity contribution is 14.1. The molecule has 0 unspecified atom stereocenters. The fourth-order valence-corrected chi connectivity index (χ4v) is 1.78. The molecule has 7 heteroatoms. The number of halogens is 1. The second-order valence-electron chi connectivity index (χ2n) is 3.64. The number of anilines is 1. The summed E-state index contributed by atoms with van der Waals surface area (Å²) < 4.78 is 11.8. The standard InChI is InChI=1S/C12H13IN4O2/c1-18-7-11-15-10(17-14)6-12(16-11)19-9-4-2-8(13)3-5-9/h2-6H,7,14H2,1H3,(H,15,16,17). The Bertz CT molecular complexity index is 548. The molecule has 0 saturated heterocycles. The SMILES string of the molecule is COCc1nc(NN)cc(Oc2ccc(I)cc2)n1. The third kappa shape index (κ3) is 4.01. The third-order valence-corrected chi connectivity index (χ3v) is 2.93. The van der Waals surface area contributed by atoms with Crippen molar-refractivity contribution in [1.29, 1.82) is 0 Å². The van der Waals surface area contributed by atoms with Crippen LogP contribution in [0.15, 0.2) is 30.3 Å². The van der Waals surface area contributed by atoms with Crippen molar-refractivity contribution in [3.8, 4) is 11.6 Å². The summed E-state index contributed by atoms with van der Waals surface area (Å²) in [4.78, 5) is 8.38. The van der Waals surface area contributed by atoms with Crippen molar-refractivity contribution < 1.29 is 9.47 Å². The van der Waals surface area contributed by atoms with Gasteiger partial charge in [-0.3, -0.25) is 0 Å². The van der Waals surface area contributed by atoms with E-state index in [0.717, 1.165) is 3.57 Å². The van der Waals surface area contributed by atoms with Crippen LogP contribution in [0.4, 0.5) is 5.82 Å². The lowest BCUT2D eigenvalue weighted by Crippen LogP contribution is -2.11. The number of hydrogen-bond donors (Lipinski definition) is 2. The van der Waals surface area contributed by atoms with Crippen LogP contribution < -0.4 is 16.0 Å². The summed E-state index contributed by atoms with van der Waals surface area (Å²) in [5, 5.41) is 0. The normalized spacial score (nSPS) is 10.3. The maximum atomic E-state index is 5.66. The van der Waals surface area contributed by atoms with E-state index < -0.39 is 0 Å². The number of methoxy groups -OCH3 is 1. The Morgan fingerprint density at radius 1 is 1.26 bits per heavy atom. The van der Waals surface area contributed by atoms with Gasteiger partial charge in [0.05, 0.1) is 0 Å². The number of ether oxygens (including phenoxy) is 2. The van der Waals surface area contributed by atoms with Crippen molar-refractivity contribution in [3.05, 3.63) is 39.7 Å². The lowest BCUT2D eigenvalue weighted by atomic mass is 10.3. The number of nitrogen functional groups attached to an aromatic ring is 1. The van der Waals surface area contributed by atoms with Crippen LogP contribution in [0, 0.1) is 3.57 Å². The molecule has 0 aliphatic carbocycles. The highest BCUT2D eigenvalue weighted by Crippen LogP contribution is 2.22. The molecule has 0 atom stereocenters. The van der Waals surface area contributed by atoms with E-state index in [1.165, 1.54) is 0 Å². The quantitative estimate of drug-likeness (QED) is 0.476.